The van der Waals surface area contributed by atoms with E-state index in [1.165, 1.54) is 12.1 Å². The minimum atomic E-state index is -0.614. The molecule has 170 valence electrons. The Morgan fingerprint density at radius 1 is 1.06 bits per heavy atom. The average Bonchev–Trinajstić information content (AvgIpc) is 3.27. The van der Waals surface area contributed by atoms with Gasteiger partial charge in [0.2, 0.25) is 12.7 Å². The largest absolute Gasteiger partial charge is 0.454 e. The number of carbonyl (C=O) groups excluding carboxylic acids is 2. The van der Waals surface area contributed by atoms with Crippen LogP contribution in [0.3, 0.4) is 0 Å². The number of ether oxygens (including phenoxy) is 3. The first-order chi connectivity index (χ1) is 15.5. The third-order valence-electron chi connectivity index (χ3n) is 5.56. The van der Waals surface area contributed by atoms with Crippen LogP contribution in [-0.2, 0) is 16.1 Å². The molecule has 2 aliphatic rings. The molecule has 8 nitrogen and oxygen atoms in total. The molecule has 0 aromatic heterocycles. The predicted molar refractivity (Wildman–Crippen MR) is 112 cm³/mol. The van der Waals surface area contributed by atoms with Crippen LogP contribution in [0.2, 0.25) is 0 Å². The number of hydrogen-bond donors (Lipinski definition) is 3. The summed E-state index contributed by atoms with van der Waals surface area (Å²) < 4.78 is 29.4. The maximum absolute atomic E-state index is 13.0. The molecule has 3 atom stereocenters. The van der Waals surface area contributed by atoms with Crippen LogP contribution in [0.5, 0.6) is 11.5 Å². The summed E-state index contributed by atoms with van der Waals surface area (Å²) in [4.78, 5) is 24.9. The fourth-order valence-electron chi connectivity index (χ4n) is 3.82. The van der Waals surface area contributed by atoms with Crippen LogP contribution in [0.15, 0.2) is 42.5 Å². The van der Waals surface area contributed by atoms with Crippen LogP contribution in [0, 0.1) is 5.82 Å². The first-order valence-electron chi connectivity index (χ1n) is 10.5. The van der Waals surface area contributed by atoms with Crippen molar-refractivity contribution >= 4 is 11.8 Å². The van der Waals surface area contributed by atoms with Crippen molar-refractivity contribution in [2.75, 3.05) is 13.4 Å². The number of carbonyl (C=O) groups is 2. The normalized spacial score (nSPS) is 21.8. The van der Waals surface area contributed by atoms with Crippen LogP contribution in [0.4, 0.5) is 4.39 Å². The van der Waals surface area contributed by atoms with E-state index in [4.69, 9.17) is 14.2 Å². The van der Waals surface area contributed by atoms with Gasteiger partial charge in [-0.3, -0.25) is 9.59 Å². The van der Waals surface area contributed by atoms with Crippen molar-refractivity contribution in [3.05, 3.63) is 59.4 Å². The summed E-state index contributed by atoms with van der Waals surface area (Å²) in [5.41, 5.74) is 1.22. The molecule has 0 bridgehead atoms. The monoisotopic (exact) mass is 444 g/mol. The maximum atomic E-state index is 13.0. The Kier molecular flexibility index (Phi) is 6.87. The van der Waals surface area contributed by atoms with Gasteiger partial charge < -0.3 is 30.0 Å². The third kappa shape index (κ3) is 5.35. The number of hydrogen-bond acceptors (Lipinski definition) is 6. The van der Waals surface area contributed by atoms with Gasteiger partial charge in [0.05, 0.1) is 25.2 Å². The van der Waals surface area contributed by atoms with Crippen LogP contribution in [-0.4, -0.2) is 48.6 Å². The number of aliphatic hydroxyl groups is 1. The molecule has 0 radical (unpaired) electrons. The molecule has 2 aromatic carbocycles. The van der Waals surface area contributed by atoms with E-state index in [1.54, 1.807) is 30.3 Å². The quantitative estimate of drug-likeness (QED) is 0.602. The summed E-state index contributed by atoms with van der Waals surface area (Å²) in [5, 5.41) is 15.4. The van der Waals surface area contributed by atoms with Crippen molar-refractivity contribution in [2.24, 2.45) is 0 Å². The van der Waals surface area contributed by atoms with Gasteiger partial charge in [0, 0.05) is 12.1 Å². The van der Waals surface area contributed by atoms with E-state index >= 15 is 0 Å². The Morgan fingerprint density at radius 3 is 2.62 bits per heavy atom. The maximum Gasteiger partial charge on any atom is 0.251 e. The number of aliphatic hydroxyl groups excluding tert-OH is 1. The van der Waals surface area contributed by atoms with Gasteiger partial charge in [-0.15, -0.1) is 0 Å². The lowest BCUT2D eigenvalue weighted by atomic mass is 9.96. The highest BCUT2D eigenvalue weighted by Gasteiger charge is 2.33. The smallest absolute Gasteiger partial charge is 0.251 e. The highest BCUT2D eigenvalue weighted by atomic mass is 19.1. The number of amides is 2. The summed E-state index contributed by atoms with van der Waals surface area (Å²) in [7, 11) is 0. The Hall–Kier alpha value is -3.17. The summed E-state index contributed by atoms with van der Waals surface area (Å²) >= 11 is 0. The Morgan fingerprint density at radius 2 is 1.84 bits per heavy atom. The molecule has 2 aromatic rings. The number of rotatable bonds is 7. The van der Waals surface area contributed by atoms with E-state index < -0.39 is 6.10 Å². The molecule has 9 heteroatoms. The van der Waals surface area contributed by atoms with Gasteiger partial charge in [0.25, 0.3) is 5.91 Å². The molecular weight excluding hydrogens is 419 g/mol. The molecule has 2 amide bonds. The second-order valence-electron chi connectivity index (χ2n) is 7.81. The van der Waals surface area contributed by atoms with E-state index in [9.17, 15) is 19.1 Å². The van der Waals surface area contributed by atoms with E-state index in [-0.39, 0.29) is 49.6 Å². The number of benzene rings is 2. The summed E-state index contributed by atoms with van der Waals surface area (Å²) in [6.45, 7) is 0.144. The van der Waals surface area contributed by atoms with Gasteiger partial charge in [0.15, 0.2) is 11.5 Å². The zero-order valence-electron chi connectivity index (χ0n) is 17.4. The van der Waals surface area contributed by atoms with Crippen molar-refractivity contribution in [3.8, 4) is 11.5 Å². The standard InChI is InChI=1S/C23H25FN2O6/c24-16-4-1-14(2-5-16)11-25-22(28)10-17-6-7-18(21(12-27)32-17)26-23(29)15-3-8-19-20(9-15)31-13-30-19/h1-5,8-9,17-18,21,27H,6-7,10-13H2,(H,25,28)(H,26,29)/t17-,18+,21+/m0/s1. The van der Waals surface area contributed by atoms with Gasteiger partial charge in [-0.05, 0) is 48.7 Å². The van der Waals surface area contributed by atoms with E-state index in [0.717, 1.165) is 5.56 Å². The van der Waals surface area contributed by atoms with Gasteiger partial charge in [-0.2, -0.15) is 0 Å². The van der Waals surface area contributed by atoms with E-state index in [0.29, 0.717) is 36.4 Å². The fourth-order valence-corrected chi connectivity index (χ4v) is 3.82. The minimum Gasteiger partial charge on any atom is -0.454 e. The van der Waals surface area contributed by atoms with Crippen LogP contribution in [0.1, 0.15) is 35.2 Å². The SMILES string of the molecule is O=C(C[C@@H]1CC[C@@H](NC(=O)c2ccc3c(c2)OCO3)[C@@H](CO)O1)NCc1ccc(F)cc1. The number of halogens is 1. The summed E-state index contributed by atoms with van der Waals surface area (Å²) in [5.74, 6) is 0.287. The van der Waals surface area contributed by atoms with Crippen LogP contribution < -0.4 is 20.1 Å². The molecule has 4 rings (SSSR count). The molecule has 32 heavy (non-hydrogen) atoms. The molecule has 0 spiro atoms. The lowest BCUT2D eigenvalue weighted by molar-refractivity contribution is -0.131. The zero-order valence-corrected chi connectivity index (χ0v) is 17.4. The van der Waals surface area contributed by atoms with Crippen molar-refractivity contribution in [2.45, 2.75) is 44.1 Å². The van der Waals surface area contributed by atoms with E-state index in [2.05, 4.69) is 10.6 Å². The van der Waals surface area contributed by atoms with Crippen LogP contribution in [0.25, 0.3) is 0 Å². The molecule has 0 aliphatic carbocycles. The van der Waals surface area contributed by atoms with Crippen LogP contribution >= 0.6 is 0 Å². The van der Waals surface area contributed by atoms with E-state index in [1.807, 2.05) is 0 Å². The minimum absolute atomic E-state index is 0.127. The number of nitrogens with one attached hydrogen (secondary N) is 2. The zero-order chi connectivity index (χ0) is 22.5. The first kappa shape index (κ1) is 22.0. The lowest BCUT2D eigenvalue weighted by Gasteiger charge is -2.36. The second kappa shape index (κ2) is 9.97. The lowest BCUT2D eigenvalue weighted by Crippen LogP contribution is -2.51. The fraction of sp³-hybridized carbons (Fsp3) is 0.391. The second-order valence-corrected chi connectivity index (χ2v) is 7.81. The molecule has 2 aliphatic heterocycles. The average molecular weight is 444 g/mol. The highest BCUT2D eigenvalue weighted by Crippen LogP contribution is 2.32. The van der Waals surface area contributed by atoms with Gasteiger partial charge in [0.1, 0.15) is 11.9 Å². The number of fused-ring (bicyclic) bond motifs is 1. The molecule has 1 saturated heterocycles. The molecule has 1 fully saturated rings. The molecule has 0 saturated carbocycles. The van der Waals surface area contributed by atoms with Crippen molar-refractivity contribution < 1.29 is 33.3 Å². The first-order valence-corrected chi connectivity index (χ1v) is 10.5. The molecule has 3 N–H and O–H groups in total. The molecule has 0 unspecified atom stereocenters. The molecular formula is C23H25FN2O6. The van der Waals surface area contributed by atoms with Gasteiger partial charge in [-0.25, -0.2) is 4.39 Å². The predicted octanol–water partition coefficient (Wildman–Crippen LogP) is 1.90. The summed E-state index contributed by atoms with van der Waals surface area (Å²) in [6.07, 6.45) is 0.292. The van der Waals surface area contributed by atoms with Crippen molar-refractivity contribution in [1.82, 2.24) is 10.6 Å². The van der Waals surface area contributed by atoms with Crippen molar-refractivity contribution in [1.29, 1.82) is 0 Å². The Bertz CT molecular complexity index is 967. The summed E-state index contributed by atoms with van der Waals surface area (Å²) in [6, 6.07) is 10.5. The van der Waals surface area contributed by atoms with Crippen molar-refractivity contribution in [3.63, 3.8) is 0 Å². The topological polar surface area (TPSA) is 106 Å². The Balaban J connectivity index is 1.26. The van der Waals surface area contributed by atoms with Gasteiger partial charge in [-0.1, -0.05) is 12.1 Å². The van der Waals surface area contributed by atoms with Gasteiger partial charge >= 0.3 is 0 Å². The third-order valence-corrected chi connectivity index (χ3v) is 5.56. The Labute approximate surface area is 184 Å². The molecule has 2 heterocycles. The highest BCUT2D eigenvalue weighted by molar-refractivity contribution is 5.95.